The summed E-state index contributed by atoms with van der Waals surface area (Å²) in [5.74, 6) is 0.835. The average Bonchev–Trinajstić information content (AvgIpc) is 3.12. The first kappa shape index (κ1) is 11.9. The Kier molecular flexibility index (Phi) is 3.72. The minimum absolute atomic E-state index is 0.835. The minimum atomic E-state index is 0.835. The van der Waals surface area contributed by atoms with E-state index in [1.165, 1.54) is 23.4 Å². The topological polar surface area (TPSA) is 24.9 Å². The van der Waals surface area contributed by atoms with Crippen LogP contribution < -0.4 is 5.32 Å². The quantitative estimate of drug-likeness (QED) is 0.804. The van der Waals surface area contributed by atoms with Crippen molar-refractivity contribution in [1.29, 1.82) is 0 Å². The number of thiazole rings is 1. The number of nitrogens with zero attached hydrogens (tertiary/aromatic N) is 1. The van der Waals surface area contributed by atoms with Crippen molar-refractivity contribution in [1.82, 2.24) is 10.3 Å². The fraction of sp³-hybridized carbons (Fsp3) is 0.400. The summed E-state index contributed by atoms with van der Waals surface area (Å²) in [5, 5.41) is 6.79. The number of hydrogen-bond acceptors (Lipinski definition) is 3. The third kappa shape index (κ3) is 2.98. The van der Waals surface area contributed by atoms with Crippen molar-refractivity contribution in [3.63, 3.8) is 0 Å². The molecule has 94 valence electrons. The van der Waals surface area contributed by atoms with Crippen molar-refractivity contribution in [2.75, 3.05) is 6.54 Å². The highest BCUT2D eigenvalue weighted by molar-refractivity contribution is 7.09. The van der Waals surface area contributed by atoms with Crippen molar-refractivity contribution in [3.05, 3.63) is 52.0 Å². The number of aromatic nitrogens is 1. The van der Waals surface area contributed by atoms with Gasteiger partial charge in [-0.25, -0.2) is 4.98 Å². The predicted octanol–water partition coefficient (Wildman–Crippen LogP) is 3.35. The number of nitrogens with one attached hydrogen (secondary N) is 1. The summed E-state index contributed by atoms with van der Waals surface area (Å²) in [7, 11) is 0. The van der Waals surface area contributed by atoms with Gasteiger partial charge in [0.1, 0.15) is 0 Å². The molecule has 0 unspecified atom stereocenters. The molecule has 1 heterocycles. The van der Waals surface area contributed by atoms with E-state index in [9.17, 15) is 0 Å². The smallest absolute Gasteiger partial charge is 0.0937 e. The maximum absolute atomic E-state index is 4.30. The molecule has 0 spiro atoms. The van der Waals surface area contributed by atoms with Gasteiger partial charge in [0.25, 0.3) is 0 Å². The van der Waals surface area contributed by atoms with Crippen LogP contribution in [-0.2, 0) is 13.0 Å². The van der Waals surface area contributed by atoms with Crippen LogP contribution in [0.2, 0.25) is 0 Å². The molecule has 1 aliphatic carbocycles. The van der Waals surface area contributed by atoms with Crippen LogP contribution in [0.5, 0.6) is 0 Å². The van der Waals surface area contributed by atoms with Gasteiger partial charge >= 0.3 is 0 Å². The van der Waals surface area contributed by atoms with Gasteiger partial charge in [0.15, 0.2) is 0 Å². The van der Waals surface area contributed by atoms with Crippen molar-refractivity contribution >= 4 is 11.3 Å². The van der Waals surface area contributed by atoms with E-state index in [1.807, 2.05) is 11.6 Å². The number of hydrogen-bond donors (Lipinski definition) is 1. The molecule has 18 heavy (non-hydrogen) atoms. The van der Waals surface area contributed by atoms with Crippen molar-refractivity contribution in [2.24, 2.45) is 0 Å². The monoisotopic (exact) mass is 258 g/mol. The summed E-state index contributed by atoms with van der Waals surface area (Å²) >= 11 is 1.74. The molecule has 3 heteroatoms. The SMILES string of the molecule is c1ccc(C2CC2)c(CNCCc2nccs2)c1. The Morgan fingerprint density at radius 1 is 1.28 bits per heavy atom. The molecular weight excluding hydrogens is 240 g/mol. The predicted molar refractivity (Wildman–Crippen MR) is 75.9 cm³/mol. The van der Waals surface area contributed by atoms with Gasteiger partial charge in [-0.1, -0.05) is 24.3 Å². The summed E-state index contributed by atoms with van der Waals surface area (Å²) < 4.78 is 0. The van der Waals surface area contributed by atoms with Crippen LogP contribution in [0.3, 0.4) is 0 Å². The molecular formula is C15H18N2S. The first-order valence-corrected chi connectivity index (χ1v) is 7.48. The Labute approximate surface area is 112 Å². The largest absolute Gasteiger partial charge is 0.312 e. The van der Waals surface area contributed by atoms with E-state index in [0.717, 1.165) is 25.4 Å². The molecule has 1 aliphatic rings. The standard InChI is InChI=1S/C15H18N2S/c1-2-4-14(12-5-6-12)13(3-1)11-16-8-7-15-17-9-10-18-15/h1-4,9-10,12,16H,5-8,11H2. The lowest BCUT2D eigenvalue weighted by Crippen LogP contribution is -2.17. The highest BCUT2D eigenvalue weighted by Crippen LogP contribution is 2.41. The van der Waals surface area contributed by atoms with Gasteiger partial charge in [-0.2, -0.15) is 0 Å². The molecule has 1 aromatic carbocycles. The lowest BCUT2D eigenvalue weighted by molar-refractivity contribution is 0.680. The van der Waals surface area contributed by atoms with Gasteiger partial charge in [0, 0.05) is 31.1 Å². The summed E-state index contributed by atoms with van der Waals surface area (Å²) in [6.07, 6.45) is 5.65. The number of benzene rings is 1. The second kappa shape index (κ2) is 5.63. The van der Waals surface area contributed by atoms with Crippen LogP contribution in [0.25, 0.3) is 0 Å². The first-order valence-electron chi connectivity index (χ1n) is 6.60. The van der Waals surface area contributed by atoms with Crippen molar-refractivity contribution in [2.45, 2.75) is 31.7 Å². The van der Waals surface area contributed by atoms with Gasteiger partial charge in [-0.15, -0.1) is 11.3 Å². The Hall–Kier alpha value is -1.19. The molecule has 0 saturated heterocycles. The second-order valence-corrected chi connectivity index (χ2v) is 5.80. The van der Waals surface area contributed by atoms with Crippen LogP contribution in [0.1, 0.15) is 34.9 Å². The fourth-order valence-corrected chi connectivity index (χ4v) is 2.90. The zero-order valence-electron chi connectivity index (χ0n) is 10.4. The highest BCUT2D eigenvalue weighted by atomic mass is 32.1. The Balaban J connectivity index is 1.50. The molecule has 1 aromatic heterocycles. The van der Waals surface area contributed by atoms with Crippen LogP contribution in [-0.4, -0.2) is 11.5 Å². The molecule has 0 atom stereocenters. The third-order valence-electron chi connectivity index (χ3n) is 3.39. The van der Waals surface area contributed by atoms with Crippen LogP contribution in [0.4, 0.5) is 0 Å². The molecule has 0 radical (unpaired) electrons. The van der Waals surface area contributed by atoms with Crippen molar-refractivity contribution in [3.8, 4) is 0 Å². The molecule has 3 rings (SSSR count). The van der Waals surface area contributed by atoms with Crippen LogP contribution in [0.15, 0.2) is 35.8 Å². The normalized spacial score (nSPS) is 14.9. The molecule has 0 aliphatic heterocycles. The Morgan fingerprint density at radius 2 is 2.17 bits per heavy atom. The third-order valence-corrected chi connectivity index (χ3v) is 4.23. The summed E-state index contributed by atoms with van der Waals surface area (Å²) in [6, 6.07) is 8.84. The van der Waals surface area contributed by atoms with Crippen LogP contribution in [0, 0.1) is 0 Å². The van der Waals surface area contributed by atoms with Gasteiger partial charge in [-0.3, -0.25) is 0 Å². The maximum atomic E-state index is 4.30. The van der Waals surface area contributed by atoms with Gasteiger partial charge in [-0.05, 0) is 29.9 Å². The van der Waals surface area contributed by atoms with Crippen LogP contribution >= 0.6 is 11.3 Å². The Bertz CT molecular complexity index is 489. The molecule has 0 bridgehead atoms. The second-order valence-electron chi connectivity index (χ2n) is 4.83. The van der Waals surface area contributed by atoms with E-state index in [0.29, 0.717) is 0 Å². The molecule has 1 N–H and O–H groups in total. The summed E-state index contributed by atoms with van der Waals surface area (Å²) in [4.78, 5) is 4.30. The van der Waals surface area contributed by atoms with E-state index in [1.54, 1.807) is 16.9 Å². The zero-order valence-corrected chi connectivity index (χ0v) is 11.2. The van der Waals surface area contributed by atoms with E-state index in [-0.39, 0.29) is 0 Å². The molecule has 0 amide bonds. The van der Waals surface area contributed by atoms with Gasteiger partial charge in [0.05, 0.1) is 5.01 Å². The number of rotatable bonds is 6. The van der Waals surface area contributed by atoms with Gasteiger partial charge < -0.3 is 5.32 Å². The highest BCUT2D eigenvalue weighted by Gasteiger charge is 2.25. The molecule has 2 nitrogen and oxygen atoms in total. The van der Waals surface area contributed by atoms with Gasteiger partial charge in [0.2, 0.25) is 0 Å². The summed E-state index contributed by atoms with van der Waals surface area (Å²) in [5.41, 5.74) is 3.03. The average molecular weight is 258 g/mol. The lowest BCUT2D eigenvalue weighted by atomic mass is 10.0. The lowest BCUT2D eigenvalue weighted by Gasteiger charge is -2.09. The maximum Gasteiger partial charge on any atom is 0.0937 e. The molecule has 1 saturated carbocycles. The van der Waals surface area contributed by atoms with E-state index < -0.39 is 0 Å². The molecule has 2 aromatic rings. The first-order chi connectivity index (χ1) is 8.93. The Morgan fingerprint density at radius 3 is 2.94 bits per heavy atom. The summed E-state index contributed by atoms with van der Waals surface area (Å²) in [6.45, 7) is 1.99. The van der Waals surface area contributed by atoms with Crippen molar-refractivity contribution < 1.29 is 0 Å². The van der Waals surface area contributed by atoms with E-state index >= 15 is 0 Å². The zero-order chi connectivity index (χ0) is 12.2. The minimum Gasteiger partial charge on any atom is -0.312 e. The van der Waals surface area contributed by atoms with E-state index in [4.69, 9.17) is 0 Å². The molecule has 1 fully saturated rings. The fourth-order valence-electron chi connectivity index (χ4n) is 2.28. The van der Waals surface area contributed by atoms with E-state index in [2.05, 4.69) is 34.6 Å².